The van der Waals surface area contributed by atoms with Crippen molar-refractivity contribution in [1.29, 1.82) is 0 Å². The fraction of sp³-hybridized carbons (Fsp3) is 0.190. The average Bonchev–Trinajstić information content (AvgIpc) is 3.08. The molecule has 0 aliphatic rings. The van der Waals surface area contributed by atoms with Gasteiger partial charge in [-0.2, -0.15) is 0 Å². The number of rotatable bonds is 4. The molecule has 0 saturated carbocycles. The maximum absolute atomic E-state index is 12.8. The number of hydrogen-bond acceptors (Lipinski definition) is 4. The summed E-state index contributed by atoms with van der Waals surface area (Å²) in [7, 11) is 1.66. The third kappa shape index (κ3) is 3.50. The Morgan fingerprint density at radius 2 is 2.00 bits per heavy atom. The monoisotopic (exact) mass is 429 g/mol. The van der Waals surface area contributed by atoms with E-state index in [1.807, 2.05) is 25.1 Å². The fourth-order valence-electron chi connectivity index (χ4n) is 3.25. The van der Waals surface area contributed by atoms with E-state index >= 15 is 0 Å². The topological polar surface area (TPSA) is 68.3 Å². The van der Waals surface area contributed by atoms with Crippen LogP contribution < -0.4 is 5.56 Å². The Labute approximate surface area is 176 Å². The Morgan fingerprint density at radius 3 is 2.76 bits per heavy atom. The SMILES string of the molecule is CC(c1ccc(Cl)cc1Cl)N(C)C(=O)Cn1cnc2c(oc3ccccc32)c1=O. The Balaban J connectivity index is 1.62. The van der Waals surface area contributed by atoms with E-state index in [1.54, 1.807) is 31.3 Å². The zero-order chi connectivity index (χ0) is 20.7. The summed E-state index contributed by atoms with van der Waals surface area (Å²) >= 11 is 12.2. The van der Waals surface area contributed by atoms with Crippen molar-refractivity contribution in [1.82, 2.24) is 14.5 Å². The molecule has 2 aromatic carbocycles. The van der Waals surface area contributed by atoms with Gasteiger partial charge in [-0.1, -0.05) is 41.4 Å². The van der Waals surface area contributed by atoms with Crippen LogP contribution in [0, 0.1) is 0 Å². The van der Waals surface area contributed by atoms with Gasteiger partial charge in [-0.3, -0.25) is 14.2 Å². The van der Waals surface area contributed by atoms with Crippen molar-refractivity contribution in [3.63, 3.8) is 0 Å². The van der Waals surface area contributed by atoms with Crippen LogP contribution in [0.5, 0.6) is 0 Å². The summed E-state index contributed by atoms with van der Waals surface area (Å²) < 4.78 is 6.91. The smallest absolute Gasteiger partial charge is 0.297 e. The molecule has 8 heteroatoms. The van der Waals surface area contributed by atoms with Gasteiger partial charge in [-0.25, -0.2) is 4.98 Å². The predicted octanol–water partition coefficient (Wildman–Crippen LogP) is 4.67. The highest BCUT2D eigenvalue weighted by Gasteiger charge is 2.21. The zero-order valence-corrected chi connectivity index (χ0v) is 17.2. The molecule has 2 aromatic heterocycles. The molecule has 4 aromatic rings. The first-order valence-corrected chi connectivity index (χ1v) is 9.69. The van der Waals surface area contributed by atoms with Gasteiger partial charge in [0.2, 0.25) is 11.5 Å². The van der Waals surface area contributed by atoms with E-state index in [9.17, 15) is 9.59 Å². The number of likely N-dealkylation sites (N-methyl/N-ethyl adjacent to an activating group) is 1. The number of carbonyl (C=O) groups excluding carboxylic acids is 1. The van der Waals surface area contributed by atoms with E-state index in [1.165, 1.54) is 15.8 Å². The van der Waals surface area contributed by atoms with Gasteiger partial charge in [-0.05, 0) is 36.8 Å². The number of hydrogen-bond donors (Lipinski definition) is 0. The zero-order valence-electron chi connectivity index (χ0n) is 15.7. The molecule has 0 fully saturated rings. The molecule has 29 heavy (non-hydrogen) atoms. The highest BCUT2D eigenvalue weighted by molar-refractivity contribution is 6.35. The molecule has 0 bridgehead atoms. The van der Waals surface area contributed by atoms with Crippen LogP contribution in [0.25, 0.3) is 22.1 Å². The summed E-state index contributed by atoms with van der Waals surface area (Å²) in [5.41, 5.74) is 1.58. The summed E-state index contributed by atoms with van der Waals surface area (Å²) in [6.45, 7) is 1.70. The van der Waals surface area contributed by atoms with Gasteiger partial charge in [0.15, 0.2) is 0 Å². The Morgan fingerprint density at radius 1 is 1.24 bits per heavy atom. The molecule has 0 spiro atoms. The highest BCUT2D eigenvalue weighted by atomic mass is 35.5. The largest absolute Gasteiger partial charge is 0.448 e. The van der Waals surface area contributed by atoms with Gasteiger partial charge in [0.25, 0.3) is 5.56 Å². The number of fused-ring (bicyclic) bond motifs is 3. The second kappa shape index (κ2) is 7.54. The van der Waals surface area contributed by atoms with E-state index in [4.69, 9.17) is 27.6 Å². The van der Waals surface area contributed by atoms with Crippen molar-refractivity contribution in [2.75, 3.05) is 7.05 Å². The van der Waals surface area contributed by atoms with Crippen molar-refractivity contribution in [2.45, 2.75) is 19.5 Å². The van der Waals surface area contributed by atoms with Crippen molar-refractivity contribution in [2.24, 2.45) is 0 Å². The number of amides is 1. The van der Waals surface area contributed by atoms with Crippen molar-refractivity contribution in [3.05, 3.63) is 74.8 Å². The third-order valence-electron chi connectivity index (χ3n) is 5.04. The van der Waals surface area contributed by atoms with Crippen LogP contribution >= 0.6 is 23.2 Å². The van der Waals surface area contributed by atoms with Crippen molar-refractivity contribution < 1.29 is 9.21 Å². The van der Waals surface area contributed by atoms with Gasteiger partial charge >= 0.3 is 0 Å². The molecular weight excluding hydrogens is 413 g/mol. The molecule has 1 unspecified atom stereocenters. The lowest BCUT2D eigenvalue weighted by atomic mass is 10.1. The van der Waals surface area contributed by atoms with Crippen LogP contribution in [-0.2, 0) is 11.3 Å². The summed E-state index contributed by atoms with van der Waals surface area (Å²) in [4.78, 5) is 31.5. The minimum absolute atomic E-state index is 0.137. The van der Waals surface area contributed by atoms with E-state index in [-0.39, 0.29) is 24.1 Å². The molecule has 0 N–H and O–H groups in total. The Bertz CT molecular complexity index is 1300. The number of benzene rings is 2. The van der Waals surface area contributed by atoms with Crippen LogP contribution in [0.2, 0.25) is 10.0 Å². The van der Waals surface area contributed by atoms with E-state index in [0.29, 0.717) is 21.1 Å². The first-order valence-electron chi connectivity index (χ1n) is 8.94. The molecule has 0 radical (unpaired) electrons. The average molecular weight is 430 g/mol. The summed E-state index contributed by atoms with van der Waals surface area (Å²) in [5, 5.41) is 1.77. The van der Waals surface area contributed by atoms with E-state index in [0.717, 1.165) is 10.9 Å². The van der Waals surface area contributed by atoms with Crippen LogP contribution in [0.1, 0.15) is 18.5 Å². The van der Waals surface area contributed by atoms with Gasteiger partial charge in [0.05, 0.1) is 12.4 Å². The third-order valence-corrected chi connectivity index (χ3v) is 5.61. The molecule has 1 amide bonds. The summed E-state index contributed by atoms with van der Waals surface area (Å²) in [6, 6.07) is 12.1. The Kier molecular flexibility index (Phi) is 5.06. The number of para-hydroxylation sites is 1. The molecule has 0 aliphatic carbocycles. The van der Waals surface area contributed by atoms with Crippen LogP contribution in [0.3, 0.4) is 0 Å². The van der Waals surface area contributed by atoms with E-state index < -0.39 is 5.56 Å². The minimum atomic E-state index is -0.398. The van der Waals surface area contributed by atoms with Gasteiger partial charge in [0, 0.05) is 22.5 Å². The quantitative estimate of drug-likeness (QED) is 0.472. The number of carbonyl (C=O) groups is 1. The van der Waals surface area contributed by atoms with Crippen LogP contribution in [0.4, 0.5) is 0 Å². The Hall–Kier alpha value is -2.83. The van der Waals surface area contributed by atoms with Gasteiger partial charge < -0.3 is 9.32 Å². The summed E-state index contributed by atoms with van der Waals surface area (Å²) in [5.74, 6) is -0.261. The normalized spacial score (nSPS) is 12.4. The maximum atomic E-state index is 12.8. The lowest BCUT2D eigenvalue weighted by Crippen LogP contribution is -2.35. The molecule has 0 saturated heterocycles. The van der Waals surface area contributed by atoms with E-state index in [2.05, 4.69) is 4.98 Å². The maximum Gasteiger partial charge on any atom is 0.297 e. The standard InChI is InChI=1S/C21H17Cl2N3O3/c1-12(14-8-7-13(22)9-16(14)23)25(2)18(27)10-26-11-24-19-15-5-3-4-6-17(15)29-20(19)21(26)28/h3-9,11-12H,10H2,1-2H3. The second-order valence-corrected chi connectivity index (χ2v) is 7.64. The first-order chi connectivity index (χ1) is 13.9. The van der Waals surface area contributed by atoms with Crippen molar-refractivity contribution >= 4 is 51.2 Å². The first kappa shape index (κ1) is 19.5. The number of furan rings is 1. The predicted molar refractivity (Wildman–Crippen MR) is 113 cm³/mol. The fourth-order valence-corrected chi connectivity index (χ4v) is 3.82. The van der Waals surface area contributed by atoms with Gasteiger partial charge in [-0.15, -0.1) is 0 Å². The molecule has 6 nitrogen and oxygen atoms in total. The highest BCUT2D eigenvalue weighted by Crippen LogP contribution is 2.29. The lowest BCUT2D eigenvalue weighted by Gasteiger charge is -2.26. The number of halogens is 2. The van der Waals surface area contributed by atoms with Crippen molar-refractivity contribution in [3.8, 4) is 0 Å². The van der Waals surface area contributed by atoms with Crippen LogP contribution in [-0.4, -0.2) is 27.4 Å². The molecule has 2 heterocycles. The van der Waals surface area contributed by atoms with Gasteiger partial charge in [0.1, 0.15) is 17.6 Å². The molecule has 4 rings (SSSR count). The number of aromatic nitrogens is 2. The molecular formula is C21H17Cl2N3O3. The minimum Gasteiger partial charge on any atom is -0.448 e. The lowest BCUT2D eigenvalue weighted by molar-refractivity contribution is -0.132. The second-order valence-electron chi connectivity index (χ2n) is 6.80. The van der Waals surface area contributed by atoms with Crippen LogP contribution in [0.15, 0.2) is 58.0 Å². The summed E-state index contributed by atoms with van der Waals surface area (Å²) in [6.07, 6.45) is 1.37. The number of nitrogens with zero attached hydrogens (tertiary/aromatic N) is 3. The molecule has 1 atom stereocenters. The molecule has 0 aliphatic heterocycles. The molecule has 148 valence electrons.